The van der Waals surface area contributed by atoms with E-state index in [-0.39, 0.29) is 5.56 Å². The van der Waals surface area contributed by atoms with Crippen LogP contribution in [-0.2, 0) is 12.8 Å². The molecule has 0 radical (unpaired) electrons. The molecule has 0 unspecified atom stereocenters. The molecule has 0 aliphatic heterocycles. The Labute approximate surface area is 138 Å². The number of thiophene rings is 1. The van der Waals surface area contributed by atoms with Gasteiger partial charge in [-0.15, -0.1) is 11.3 Å². The number of hydrogen-bond acceptors (Lipinski definition) is 3. The second-order valence-electron chi connectivity index (χ2n) is 6.23. The summed E-state index contributed by atoms with van der Waals surface area (Å²) in [5.41, 5.74) is 2.32. The first-order valence-corrected chi connectivity index (χ1v) is 8.80. The summed E-state index contributed by atoms with van der Waals surface area (Å²) >= 11 is 1.69. The zero-order valence-electron chi connectivity index (χ0n) is 13.0. The quantitative estimate of drug-likeness (QED) is 0.765. The predicted octanol–water partition coefficient (Wildman–Crippen LogP) is 4.28. The maximum absolute atomic E-state index is 12.5. The number of fused-ring (bicyclic) bond motifs is 3. The first-order valence-electron chi connectivity index (χ1n) is 7.98. The Bertz CT molecular complexity index is 937. The molecule has 1 aliphatic carbocycles. The smallest absolute Gasteiger partial charge is 0.260 e. The minimum Gasteiger partial charge on any atom is -0.306 e. The molecule has 1 aromatic carbocycles. The molecule has 1 aliphatic rings. The highest BCUT2D eigenvalue weighted by Crippen LogP contribution is 2.35. The summed E-state index contributed by atoms with van der Waals surface area (Å²) in [6, 6.07) is 10.0. The lowest BCUT2D eigenvalue weighted by Crippen LogP contribution is -2.13. The number of hydrogen-bond donors (Lipinski definition) is 1. The van der Waals surface area contributed by atoms with E-state index in [0.717, 1.165) is 35.0 Å². The lowest BCUT2D eigenvalue weighted by molar-refractivity contribution is 0.509. The molecule has 0 saturated carbocycles. The summed E-state index contributed by atoms with van der Waals surface area (Å²) in [5.74, 6) is 1.32. The van der Waals surface area contributed by atoms with Crippen molar-refractivity contribution in [2.45, 2.75) is 26.2 Å². The summed E-state index contributed by atoms with van der Waals surface area (Å²) in [5, 5.41) is 0.814. The van der Waals surface area contributed by atoms with Crippen LogP contribution in [0.3, 0.4) is 0 Å². The van der Waals surface area contributed by atoms with Crippen LogP contribution in [0.4, 0.5) is 0 Å². The van der Waals surface area contributed by atoms with Gasteiger partial charge in [0.15, 0.2) is 0 Å². The van der Waals surface area contributed by atoms with Crippen molar-refractivity contribution in [3.63, 3.8) is 0 Å². The number of nitrogens with one attached hydrogen (secondary N) is 1. The molecule has 1 N–H and O–H groups in total. The highest BCUT2D eigenvalue weighted by Gasteiger charge is 2.22. The largest absolute Gasteiger partial charge is 0.306 e. The molecule has 4 heteroatoms. The zero-order chi connectivity index (χ0) is 15.8. The van der Waals surface area contributed by atoms with Crippen molar-refractivity contribution in [3.05, 3.63) is 62.5 Å². The number of nitrogens with zero attached hydrogens (tertiary/aromatic N) is 1. The molecule has 116 valence electrons. The van der Waals surface area contributed by atoms with Crippen molar-refractivity contribution in [1.29, 1.82) is 0 Å². The molecule has 0 amide bonds. The third kappa shape index (κ3) is 2.75. The molecular weight excluding hydrogens is 304 g/mol. The van der Waals surface area contributed by atoms with Gasteiger partial charge in [0.25, 0.3) is 5.56 Å². The molecule has 3 nitrogen and oxygen atoms in total. The van der Waals surface area contributed by atoms with Crippen molar-refractivity contribution in [2.75, 3.05) is 0 Å². The summed E-state index contributed by atoms with van der Waals surface area (Å²) in [7, 11) is 0. The van der Waals surface area contributed by atoms with E-state index in [1.54, 1.807) is 11.3 Å². The second-order valence-corrected chi connectivity index (χ2v) is 7.31. The summed E-state index contributed by atoms with van der Waals surface area (Å²) in [6.45, 7) is 2.28. The van der Waals surface area contributed by atoms with Gasteiger partial charge in [0.1, 0.15) is 10.7 Å². The molecule has 4 rings (SSSR count). The maximum atomic E-state index is 12.5. The molecule has 0 bridgehead atoms. The van der Waals surface area contributed by atoms with Gasteiger partial charge in [-0.05, 0) is 42.4 Å². The van der Waals surface area contributed by atoms with E-state index in [4.69, 9.17) is 0 Å². The van der Waals surface area contributed by atoms with E-state index in [1.807, 2.05) is 42.5 Å². The van der Waals surface area contributed by atoms with Gasteiger partial charge in [0.2, 0.25) is 0 Å². The fourth-order valence-electron chi connectivity index (χ4n) is 3.18. The van der Waals surface area contributed by atoms with E-state index in [9.17, 15) is 4.79 Å². The highest BCUT2D eigenvalue weighted by molar-refractivity contribution is 7.18. The second kappa shape index (κ2) is 5.78. The molecule has 1 atom stereocenters. The van der Waals surface area contributed by atoms with Gasteiger partial charge in [0, 0.05) is 4.88 Å². The Morgan fingerprint density at radius 1 is 1.26 bits per heavy atom. The van der Waals surface area contributed by atoms with E-state index in [1.165, 1.54) is 10.4 Å². The van der Waals surface area contributed by atoms with Crippen molar-refractivity contribution < 1.29 is 0 Å². The minimum absolute atomic E-state index is 0.00485. The van der Waals surface area contributed by atoms with E-state index in [2.05, 4.69) is 16.9 Å². The van der Waals surface area contributed by atoms with Gasteiger partial charge in [0.05, 0.1) is 5.39 Å². The van der Waals surface area contributed by atoms with Gasteiger partial charge < -0.3 is 4.98 Å². The van der Waals surface area contributed by atoms with Crippen molar-refractivity contribution >= 4 is 33.7 Å². The van der Waals surface area contributed by atoms with Crippen molar-refractivity contribution in [1.82, 2.24) is 9.97 Å². The predicted molar refractivity (Wildman–Crippen MR) is 96.8 cm³/mol. The van der Waals surface area contributed by atoms with E-state index >= 15 is 0 Å². The molecule has 0 fully saturated rings. The number of rotatable bonds is 2. The van der Waals surface area contributed by atoms with E-state index < -0.39 is 0 Å². The molecule has 0 spiro atoms. The van der Waals surface area contributed by atoms with Crippen LogP contribution in [0.1, 0.15) is 35.2 Å². The highest BCUT2D eigenvalue weighted by atomic mass is 32.1. The lowest BCUT2D eigenvalue weighted by atomic mass is 9.89. The Morgan fingerprint density at radius 3 is 2.91 bits per heavy atom. The molecule has 23 heavy (non-hydrogen) atoms. The van der Waals surface area contributed by atoms with Gasteiger partial charge in [-0.3, -0.25) is 4.79 Å². The number of aromatic amines is 1. The average molecular weight is 322 g/mol. The molecule has 2 aromatic heterocycles. The van der Waals surface area contributed by atoms with Crippen molar-refractivity contribution in [2.24, 2.45) is 5.92 Å². The third-order valence-electron chi connectivity index (χ3n) is 4.42. The number of benzene rings is 1. The molecular formula is C19H18N2OS. The third-order valence-corrected chi connectivity index (χ3v) is 5.57. The van der Waals surface area contributed by atoms with E-state index in [0.29, 0.717) is 11.7 Å². The molecule has 2 heterocycles. The van der Waals surface area contributed by atoms with Gasteiger partial charge >= 0.3 is 0 Å². The van der Waals surface area contributed by atoms with Crippen LogP contribution in [0.25, 0.3) is 22.4 Å². The molecule has 0 saturated heterocycles. The zero-order valence-corrected chi connectivity index (χ0v) is 13.8. The van der Waals surface area contributed by atoms with Gasteiger partial charge in [-0.1, -0.05) is 43.3 Å². The number of aryl methyl sites for hydroxylation is 1. The number of aromatic nitrogens is 2. The Balaban J connectivity index is 1.76. The van der Waals surface area contributed by atoms with Crippen LogP contribution in [0, 0.1) is 5.92 Å². The van der Waals surface area contributed by atoms with Crippen LogP contribution in [0.2, 0.25) is 0 Å². The summed E-state index contributed by atoms with van der Waals surface area (Å²) < 4.78 is 0. The van der Waals surface area contributed by atoms with Crippen LogP contribution in [0.15, 0.2) is 35.1 Å². The minimum atomic E-state index is -0.00485. The standard InChI is InChI=1S/C19H18N2OS/c1-12-7-9-14-15(11-12)23-19-17(14)18(22)20-16(21-19)10-8-13-5-3-2-4-6-13/h2-6,8,10,12H,7,9,11H2,1H3,(H,20,21,22)/b10-8+/t12-/m0/s1. The Hall–Kier alpha value is -2.20. The Morgan fingerprint density at radius 2 is 2.09 bits per heavy atom. The Kier molecular flexibility index (Phi) is 3.62. The monoisotopic (exact) mass is 322 g/mol. The lowest BCUT2D eigenvalue weighted by Gasteiger charge is -2.17. The summed E-state index contributed by atoms with van der Waals surface area (Å²) in [6.07, 6.45) is 7.08. The fourth-order valence-corrected chi connectivity index (χ4v) is 4.57. The SMILES string of the molecule is C[C@H]1CCc2c(sc3nc(/C=C/c4ccccc4)[nH]c(=O)c23)C1. The van der Waals surface area contributed by atoms with Crippen LogP contribution in [0.5, 0.6) is 0 Å². The fraction of sp³-hybridized carbons (Fsp3) is 0.263. The van der Waals surface area contributed by atoms with Gasteiger partial charge in [-0.25, -0.2) is 4.98 Å². The summed E-state index contributed by atoms with van der Waals surface area (Å²) in [4.78, 5) is 22.3. The first-order chi connectivity index (χ1) is 11.2. The van der Waals surface area contributed by atoms with Crippen LogP contribution in [-0.4, -0.2) is 9.97 Å². The average Bonchev–Trinajstić information content (AvgIpc) is 2.91. The van der Waals surface area contributed by atoms with Crippen LogP contribution >= 0.6 is 11.3 Å². The van der Waals surface area contributed by atoms with Crippen LogP contribution < -0.4 is 5.56 Å². The topological polar surface area (TPSA) is 45.8 Å². The van der Waals surface area contributed by atoms with Gasteiger partial charge in [-0.2, -0.15) is 0 Å². The normalized spacial score (nSPS) is 17.7. The first kappa shape index (κ1) is 14.4. The molecule has 3 aromatic rings. The maximum Gasteiger partial charge on any atom is 0.260 e. The number of H-pyrrole nitrogens is 1. The van der Waals surface area contributed by atoms with Crippen molar-refractivity contribution in [3.8, 4) is 0 Å².